The molecule has 7 heteroatoms. The Bertz CT molecular complexity index is 555. The first-order valence-electron chi connectivity index (χ1n) is 5.34. The number of rotatable bonds is 3. The summed E-state index contributed by atoms with van der Waals surface area (Å²) in [6.07, 6.45) is -2.82. The summed E-state index contributed by atoms with van der Waals surface area (Å²) < 4.78 is 37.1. The minimum Gasteiger partial charge on any atom is -0.366 e. The van der Waals surface area contributed by atoms with Gasteiger partial charge < -0.3 is 5.32 Å². The van der Waals surface area contributed by atoms with Gasteiger partial charge in [-0.2, -0.15) is 13.2 Å². The van der Waals surface area contributed by atoms with Gasteiger partial charge in [-0.1, -0.05) is 12.1 Å². The maximum absolute atomic E-state index is 12.4. The lowest BCUT2D eigenvalue weighted by atomic mass is 10.1. The average Bonchev–Trinajstić information content (AvgIpc) is 2.36. The molecule has 0 aliphatic carbocycles. The molecule has 0 spiro atoms. The smallest absolute Gasteiger partial charge is 0.366 e. The van der Waals surface area contributed by atoms with Crippen LogP contribution in [0.15, 0.2) is 36.5 Å². The molecule has 1 N–H and O–H groups in total. The van der Waals surface area contributed by atoms with Crippen molar-refractivity contribution in [2.75, 3.05) is 5.32 Å². The van der Waals surface area contributed by atoms with Gasteiger partial charge in [0.2, 0.25) is 5.28 Å². The Morgan fingerprint density at radius 2 is 1.79 bits per heavy atom. The Hall–Kier alpha value is -1.82. The van der Waals surface area contributed by atoms with E-state index >= 15 is 0 Å². The van der Waals surface area contributed by atoms with E-state index in [2.05, 4.69) is 15.3 Å². The van der Waals surface area contributed by atoms with Crippen molar-refractivity contribution in [1.82, 2.24) is 9.97 Å². The van der Waals surface area contributed by atoms with E-state index in [9.17, 15) is 13.2 Å². The van der Waals surface area contributed by atoms with E-state index in [0.717, 1.165) is 12.1 Å². The van der Waals surface area contributed by atoms with Gasteiger partial charge in [-0.05, 0) is 35.4 Å². The quantitative estimate of drug-likeness (QED) is 0.874. The fourth-order valence-electron chi connectivity index (χ4n) is 1.44. The highest BCUT2D eigenvalue weighted by Gasteiger charge is 2.29. The third-order valence-corrected chi connectivity index (χ3v) is 2.56. The van der Waals surface area contributed by atoms with Crippen LogP contribution in [0, 0.1) is 0 Å². The van der Waals surface area contributed by atoms with Crippen LogP contribution in [0.1, 0.15) is 11.1 Å². The number of hydrogen-bond acceptors (Lipinski definition) is 3. The van der Waals surface area contributed by atoms with E-state index in [1.165, 1.54) is 18.3 Å². The molecule has 1 aromatic carbocycles. The summed E-state index contributed by atoms with van der Waals surface area (Å²) in [5.41, 5.74) is 0.0454. The molecule has 0 aliphatic rings. The molecule has 0 fully saturated rings. The van der Waals surface area contributed by atoms with Crippen LogP contribution in [-0.2, 0) is 12.7 Å². The molecule has 0 saturated heterocycles. The van der Waals surface area contributed by atoms with Crippen molar-refractivity contribution in [2.24, 2.45) is 0 Å². The van der Waals surface area contributed by atoms with Crippen molar-refractivity contribution >= 4 is 17.4 Å². The first kappa shape index (κ1) is 13.6. The van der Waals surface area contributed by atoms with Gasteiger partial charge in [0.05, 0.1) is 5.56 Å². The molecule has 2 aromatic rings. The summed E-state index contributed by atoms with van der Waals surface area (Å²) in [6.45, 7) is 0.353. The number of alkyl halides is 3. The lowest BCUT2D eigenvalue weighted by molar-refractivity contribution is -0.137. The van der Waals surface area contributed by atoms with Gasteiger partial charge >= 0.3 is 6.18 Å². The SMILES string of the molecule is FC(F)(F)c1ccc(CNc2ccnc(Cl)n2)cc1. The Morgan fingerprint density at radius 3 is 2.37 bits per heavy atom. The second-order valence-corrected chi connectivity index (χ2v) is 4.10. The maximum Gasteiger partial charge on any atom is 0.416 e. The number of benzene rings is 1. The third-order valence-electron chi connectivity index (χ3n) is 2.38. The van der Waals surface area contributed by atoms with Crippen LogP contribution in [0.3, 0.4) is 0 Å². The topological polar surface area (TPSA) is 37.8 Å². The zero-order valence-electron chi connectivity index (χ0n) is 9.58. The summed E-state index contributed by atoms with van der Waals surface area (Å²) >= 11 is 5.61. The molecule has 0 atom stereocenters. The molecular formula is C12H9ClF3N3. The van der Waals surface area contributed by atoms with Gasteiger partial charge in [-0.25, -0.2) is 9.97 Å². The minimum absolute atomic E-state index is 0.109. The molecule has 1 heterocycles. The molecule has 0 unspecified atom stereocenters. The van der Waals surface area contributed by atoms with Crippen LogP contribution in [0.5, 0.6) is 0 Å². The first-order chi connectivity index (χ1) is 8.95. The number of nitrogens with zero attached hydrogens (tertiary/aromatic N) is 2. The van der Waals surface area contributed by atoms with Crippen LogP contribution >= 0.6 is 11.6 Å². The molecular weight excluding hydrogens is 279 g/mol. The van der Waals surface area contributed by atoms with Gasteiger partial charge in [-0.3, -0.25) is 0 Å². The zero-order chi connectivity index (χ0) is 13.9. The number of aromatic nitrogens is 2. The minimum atomic E-state index is -4.31. The number of hydrogen-bond donors (Lipinski definition) is 1. The highest BCUT2D eigenvalue weighted by atomic mass is 35.5. The van der Waals surface area contributed by atoms with Gasteiger partial charge in [-0.15, -0.1) is 0 Å². The number of halogens is 4. The highest BCUT2D eigenvalue weighted by molar-refractivity contribution is 6.28. The predicted molar refractivity (Wildman–Crippen MR) is 65.8 cm³/mol. The highest BCUT2D eigenvalue weighted by Crippen LogP contribution is 2.29. The van der Waals surface area contributed by atoms with Gasteiger partial charge in [0.25, 0.3) is 0 Å². The normalized spacial score (nSPS) is 11.4. The van der Waals surface area contributed by atoms with Gasteiger partial charge in [0, 0.05) is 12.7 Å². The van der Waals surface area contributed by atoms with Crippen LogP contribution < -0.4 is 5.32 Å². The van der Waals surface area contributed by atoms with Crippen molar-refractivity contribution in [1.29, 1.82) is 0 Å². The maximum atomic E-state index is 12.4. The second-order valence-electron chi connectivity index (χ2n) is 3.76. The molecule has 1 aromatic heterocycles. The van der Waals surface area contributed by atoms with Gasteiger partial charge in [0.15, 0.2) is 0 Å². The molecule has 100 valence electrons. The Kier molecular flexibility index (Phi) is 3.90. The third kappa shape index (κ3) is 3.82. The standard InChI is InChI=1S/C12H9ClF3N3/c13-11-17-6-5-10(19-11)18-7-8-1-3-9(4-2-8)12(14,15)16/h1-6H,7H2,(H,17,18,19). The summed E-state index contributed by atoms with van der Waals surface area (Å²) in [5, 5.41) is 3.05. The number of anilines is 1. The van der Waals surface area contributed by atoms with Crippen molar-refractivity contribution in [3.8, 4) is 0 Å². The molecule has 0 bridgehead atoms. The van der Waals surface area contributed by atoms with Crippen molar-refractivity contribution in [3.05, 3.63) is 52.9 Å². The lowest BCUT2D eigenvalue weighted by Crippen LogP contribution is -2.06. The Balaban J connectivity index is 2.01. The summed E-state index contributed by atoms with van der Waals surface area (Å²) in [4.78, 5) is 7.63. The van der Waals surface area contributed by atoms with E-state index in [1.807, 2.05) is 0 Å². The molecule has 0 radical (unpaired) electrons. The van der Waals surface area contributed by atoms with Crippen LogP contribution in [0.25, 0.3) is 0 Å². The van der Waals surface area contributed by atoms with Crippen LogP contribution in [0.4, 0.5) is 19.0 Å². The first-order valence-corrected chi connectivity index (χ1v) is 5.71. The molecule has 0 aliphatic heterocycles. The van der Waals surface area contributed by atoms with Gasteiger partial charge in [0.1, 0.15) is 5.82 Å². The zero-order valence-corrected chi connectivity index (χ0v) is 10.3. The van der Waals surface area contributed by atoms with E-state index in [1.54, 1.807) is 6.07 Å². The van der Waals surface area contributed by atoms with Crippen molar-refractivity contribution in [2.45, 2.75) is 12.7 Å². The van der Waals surface area contributed by atoms with E-state index in [0.29, 0.717) is 17.9 Å². The monoisotopic (exact) mass is 287 g/mol. The second kappa shape index (κ2) is 5.44. The molecule has 0 saturated carbocycles. The fraction of sp³-hybridized carbons (Fsp3) is 0.167. The fourth-order valence-corrected chi connectivity index (χ4v) is 1.58. The van der Waals surface area contributed by atoms with E-state index in [-0.39, 0.29) is 5.28 Å². The summed E-state index contributed by atoms with van der Waals surface area (Å²) in [5.74, 6) is 0.514. The number of nitrogens with one attached hydrogen (secondary N) is 1. The Morgan fingerprint density at radius 1 is 1.11 bits per heavy atom. The Labute approximate surface area is 112 Å². The van der Waals surface area contributed by atoms with Crippen molar-refractivity contribution in [3.63, 3.8) is 0 Å². The molecule has 2 rings (SSSR count). The molecule has 0 amide bonds. The summed E-state index contributed by atoms with van der Waals surface area (Å²) in [7, 11) is 0. The van der Waals surface area contributed by atoms with E-state index < -0.39 is 11.7 Å². The van der Waals surface area contributed by atoms with Crippen LogP contribution in [0.2, 0.25) is 5.28 Å². The van der Waals surface area contributed by atoms with E-state index in [4.69, 9.17) is 11.6 Å². The average molecular weight is 288 g/mol. The predicted octanol–water partition coefficient (Wildman–Crippen LogP) is 3.76. The van der Waals surface area contributed by atoms with Crippen molar-refractivity contribution < 1.29 is 13.2 Å². The lowest BCUT2D eigenvalue weighted by Gasteiger charge is -2.08. The molecule has 19 heavy (non-hydrogen) atoms. The largest absolute Gasteiger partial charge is 0.416 e. The van der Waals surface area contributed by atoms with Crippen LogP contribution in [-0.4, -0.2) is 9.97 Å². The molecule has 3 nitrogen and oxygen atoms in total. The summed E-state index contributed by atoms with van der Waals surface area (Å²) in [6, 6.07) is 6.54.